The number of carboxylic acids is 1. The first-order valence-electron chi connectivity index (χ1n) is 7.15. The van der Waals surface area contributed by atoms with Crippen LogP contribution in [0.15, 0.2) is 60.8 Å². The van der Waals surface area contributed by atoms with Gasteiger partial charge in [0.1, 0.15) is 0 Å². The van der Waals surface area contributed by atoms with Crippen molar-refractivity contribution < 1.29 is 14.8 Å². The van der Waals surface area contributed by atoms with Crippen LogP contribution in [-0.2, 0) is 11.2 Å². The maximum absolute atomic E-state index is 11.1. The number of nitrogens with zero attached hydrogens (tertiary/aromatic N) is 3. The number of para-hydroxylation sites is 1. The van der Waals surface area contributed by atoms with Crippen molar-refractivity contribution in [2.24, 2.45) is 0 Å². The number of benzene rings is 2. The first kappa shape index (κ1) is 15.4. The van der Waals surface area contributed by atoms with E-state index in [-0.39, 0.29) is 12.1 Å². The van der Waals surface area contributed by atoms with Gasteiger partial charge in [-0.15, -0.1) is 0 Å². The Morgan fingerprint density at radius 3 is 2.38 bits per heavy atom. The molecule has 0 bridgehead atoms. The van der Waals surface area contributed by atoms with Crippen LogP contribution in [0, 0.1) is 10.1 Å². The van der Waals surface area contributed by atoms with Crippen LogP contribution in [0.25, 0.3) is 16.8 Å². The van der Waals surface area contributed by atoms with Gasteiger partial charge in [-0.1, -0.05) is 18.2 Å². The average molecular weight is 323 g/mol. The monoisotopic (exact) mass is 323 g/mol. The van der Waals surface area contributed by atoms with E-state index < -0.39 is 10.9 Å². The lowest BCUT2D eigenvalue weighted by Crippen LogP contribution is -2.03. The molecule has 0 atom stereocenters. The summed E-state index contributed by atoms with van der Waals surface area (Å²) >= 11 is 0. The average Bonchev–Trinajstić information content (AvgIpc) is 2.99. The molecule has 7 nitrogen and oxygen atoms in total. The van der Waals surface area contributed by atoms with Gasteiger partial charge in [0, 0.05) is 23.9 Å². The van der Waals surface area contributed by atoms with Crippen molar-refractivity contribution in [3.05, 3.63) is 76.6 Å². The van der Waals surface area contributed by atoms with Gasteiger partial charge in [0.25, 0.3) is 5.69 Å². The third kappa shape index (κ3) is 3.14. The molecule has 1 N–H and O–H groups in total. The molecule has 0 aliphatic carbocycles. The molecule has 1 aromatic heterocycles. The zero-order valence-corrected chi connectivity index (χ0v) is 12.5. The normalized spacial score (nSPS) is 10.5. The second-order valence-electron chi connectivity index (χ2n) is 5.14. The molecule has 0 saturated carbocycles. The van der Waals surface area contributed by atoms with Crippen molar-refractivity contribution in [2.75, 3.05) is 0 Å². The molecule has 24 heavy (non-hydrogen) atoms. The molecule has 0 aliphatic heterocycles. The predicted molar refractivity (Wildman–Crippen MR) is 87.0 cm³/mol. The molecule has 0 aliphatic rings. The van der Waals surface area contributed by atoms with Crippen LogP contribution in [0.4, 0.5) is 5.69 Å². The number of non-ortho nitro benzene ring substituents is 1. The second-order valence-corrected chi connectivity index (χ2v) is 5.14. The van der Waals surface area contributed by atoms with Crippen molar-refractivity contribution >= 4 is 11.7 Å². The van der Waals surface area contributed by atoms with Gasteiger partial charge in [0.2, 0.25) is 0 Å². The minimum Gasteiger partial charge on any atom is -0.481 e. The summed E-state index contributed by atoms with van der Waals surface area (Å²) in [4.78, 5) is 21.4. The minimum atomic E-state index is -0.989. The SMILES string of the molecule is O=C(O)Cc1nn(-c2ccccc2)cc1-c1ccc([N+](=O)[O-])cc1. The summed E-state index contributed by atoms with van der Waals surface area (Å²) in [5, 5.41) is 24.2. The van der Waals surface area contributed by atoms with Gasteiger partial charge < -0.3 is 5.11 Å². The smallest absolute Gasteiger partial charge is 0.309 e. The number of carbonyl (C=O) groups is 1. The van der Waals surface area contributed by atoms with Gasteiger partial charge in [0.15, 0.2) is 0 Å². The van der Waals surface area contributed by atoms with Crippen LogP contribution < -0.4 is 0 Å². The Bertz CT molecular complexity index is 886. The molecule has 120 valence electrons. The lowest BCUT2D eigenvalue weighted by Gasteiger charge is -2.00. The molecular weight excluding hydrogens is 310 g/mol. The van der Waals surface area contributed by atoms with Crippen molar-refractivity contribution in [3.63, 3.8) is 0 Å². The molecular formula is C17H13N3O4. The van der Waals surface area contributed by atoms with Crippen LogP contribution in [0.1, 0.15) is 5.69 Å². The third-order valence-electron chi connectivity index (χ3n) is 3.52. The zero-order valence-electron chi connectivity index (χ0n) is 12.5. The van der Waals surface area contributed by atoms with Crippen LogP contribution in [0.2, 0.25) is 0 Å². The van der Waals surface area contributed by atoms with E-state index in [9.17, 15) is 14.9 Å². The third-order valence-corrected chi connectivity index (χ3v) is 3.52. The fraction of sp³-hybridized carbons (Fsp3) is 0.0588. The highest BCUT2D eigenvalue weighted by Gasteiger charge is 2.16. The predicted octanol–water partition coefficient (Wildman–Crippen LogP) is 3.07. The fourth-order valence-electron chi connectivity index (χ4n) is 2.40. The number of hydrogen-bond acceptors (Lipinski definition) is 4. The number of rotatable bonds is 5. The Morgan fingerprint density at radius 1 is 1.12 bits per heavy atom. The Morgan fingerprint density at radius 2 is 1.79 bits per heavy atom. The highest BCUT2D eigenvalue weighted by atomic mass is 16.6. The maximum Gasteiger partial charge on any atom is 0.309 e. The molecule has 0 saturated heterocycles. The van der Waals surface area contributed by atoms with Crippen LogP contribution >= 0.6 is 0 Å². The van der Waals surface area contributed by atoms with E-state index in [0.717, 1.165) is 5.69 Å². The molecule has 7 heteroatoms. The van der Waals surface area contributed by atoms with Crippen molar-refractivity contribution in [2.45, 2.75) is 6.42 Å². The first-order valence-corrected chi connectivity index (χ1v) is 7.15. The summed E-state index contributed by atoms with van der Waals surface area (Å²) in [6.45, 7) is 0. The molecule has 3 aromatic rings. The molecule has 0 spiro atoms. The second kappa shape index (κ2) is 6.33. The summed E-state index contributed by atoms with van der Waals surface area (Å²) < 4.78 is 1.61. The van der Waals surface area contributed by atoms with E-state index in [1.165, 1.54) is 12.1 Å². The molecule has 0 amide bonds. The summed E-state index contributed by atoms with van der Waals surface area (Å²) in [6.07, 6.45) is 1.50. The highest BCUT2D eigenvalue weighted by Crippen LogP contribution is 2.27. The van der Waals surface area contributed by atoms with Gasteiger partial charge in [-0.3, -0.25) is 14.9 Å². The molecule has 0 unspecified atom stereocenters. The largest absolute Gasteiger partial charge is 0.481 e. The van der Waals surface area contributed by atoms with Gasteiger partial charge in [-0.05, 0) is 29.8 Å². The Hall–Kier alpha value is -3.48. The number of hydrogen-bond donors (Lipinski definition) is 1. The van der Waals surface area contributed by atoms with E-state index in [1.54, 1.807) is 23.0 Å². The van der Waals surface area contributed by atoms with Crippen molar-refractivity contribution in [1.82, 2.24) is 9.78 Å². The van der Waals surface area contributed by atoms with E-state index in [1.807, 2.05) is 30.3 Å². The molecule has 0 radical (unpaired) electrons. The topological polar surface area (TPSA) is 98.3 Å². The van der Waals surface area contributed by atoms with Gasteiger partial charge in [-0.2, -0.15) is 5.10 Å². The van der Waals surface area contributed by atoms with Crippen LogP contribution in [0.5, 0.6) is 0 Å². The van der Waals surface area contributed by atoms with Gasteiger partial charge in [-0.25, -0.2) is 4.68 Å². The van der Waals surface area contributed by atoms with Crippen LogP contribution in [0.3, 0.4) is 0 Å². The van der Waals surface area contributed by atoms with Gasteiger partial charge >= 0.3 is 5.97 Å². The number of nitro groups is 1. The van der Waals surface area contributed by atoms with E-state index in [0.29, 0.717) is 16.8 Å². The molecule has 0 fully saturated rings. The number of carboxylic acid groups (broad SMARTS) is 1. The van der Waals surface area contributed by atoms with Crippen molar-refractivity contribution in [1.29, 1.82) is 0 Å². The molecule has 2 aromatic carbocycles. The molecule has 3 rings (SSSR count). The molecule has 1 heterocycles. The van der Waals surface area contributed by atoms with E-state index in [4.69, 9.17) is 5.11 Å². The highest BCUT2D eigenvalue weighted by molar-refractivity contribution is 5.75. The standard InChI is InChI=1S/C17H13N3O4/c21-17(22)10-16-15(12-6-8-14(9-7-12)20(23)24)11-19(18-16)13-4-2-1-3-5-13/h1-9,11H,10H2,(H,21,22). The van der Waals surface area contributed by atoms with Gasteiger partial charge in [0.05, 0.1) is 22.7 Å². The number of aliphatic carboxylic acids is 1. The lowest BCUT2D eigenvalue weighted by molar-refractivity contribution is -0.384. The Balaban J connectivity index is 2.06. The lowest BCUT2D eigenvalue weighted by atomic mass is 10.0. The zero-order chi connectivity index (χ0) is 17.1. The summed E-state index contributed by atoms with van der Waals surface area (Å²) in [6, 6.07) is 15.3. The summed E-state index contributed by atoms with van der Waals surface area (Å²) in [7, 11) is 0. The summed E-state index contributed by atoms with van der Waals surface area (Å²) in [5.74, 6) is -0.989. The summed E-state index contributed by atoms with van der Waals surface area (Å²) in [5.41, 5.74) is 2.50. The van der Waals surface area contributed by atoms with E-state index in [2.05, 4.69) is 5.10 Å². The quantitative estimate of drug-likeness (QED) is 0.574. The maximum atomic E-state index is 11.1. The Labute approximate surface area is 136 Å². The Kier molecular flexibility index (Phi) is 4.07. The van der Waals surface area contributed by atoms with Crippen LogP contribution in [-0.4, -0.2) is 25.8 Å². The first-order chi connectivity index (χ1) is 11.5. The number of nitro benzene ring substituents is 1. The number of aromatic nitrogens is 2. The fourth-order valence-corrected chi connectivity index (χ4v) is 2.40. The van der Waals surface area contributed by atoms with Crippen molar-refractivity contribution in [3.8, 4) is 16.8 Å². The minimum absolute atomic E-state index is 0.0195. The van der Waals surface area contributed by atoms with E-state index >= 15 is 0 Å².